The Hall–Kier alpha value is -3.35. The summed E-state index contributed by atoms with van der Waals surface area (Å²) < 4.78 is 11.0. The molecule has 0 saturated carbocycles. The average molecular weight is 448 g/mol. The number of fused-ring (bicyclic) bond motifs is 1. The van der Waals surface area contributed by atoms with Crippen molar-refractivity contribution in [3.63, 3.8) is 0 Å². The van der Waals surface area contributed by atoms with Crippen LogP contribution in [0.25, 0.3) is 22.3 Å². The quantitative estimate of drug-likeness (QED) is 0.247. The summed E-state index contributed by atoms with van der Waals surface area (Å²) in [6.45, 7) is -0.721. The van der Waals surface area contributed by atoms with Crippen LogP contribution in [0.2, 0.25) is 0 Å². The Bertz CT molecular complexity index is 1230. The van der Waals surface area contributed by atoms with Crippen molar-refractivity contribution in [1.82, 2.24) is 0 Å². The van der Waals surface area contributed by atoms with Crippen LogP contribution in [0.5, 0.6) is 23.0 Å². The Morgan fingerprint density at radius 3 is 2.22 bits per heavy atom. The molecule has 5 atom stereocenters. The minimum atomic E-state index is -1.80. The highest BCUT2D eigenvalue weighted by atomic mass is 16.5. The van der Waals surface area contributed by atoms with Gasteiger partial charge in [-0.05, 0) is 18.2 Å². The first-order valence-corrected chi connectivity index (χ1v) is 9.49. The van der Waals surface area contributed by atoms with E-state index in [-0.39, 0.29) is 28.0 Å². The Morgan fingerprint density at radius 2 is 1.56 bits per heavy atom. The van der Waals surface area contributed by atoms with E-state index in [4.69, 9.17) is 9.15 Å². The monoisotopic (exact) mass is 448 g/mol. The molecule has 32 heavy (non-hydrogen) atoms. The van der Waals surface area contributed by atoms with Crippen molar-refractivity contribution in [2.75, 3.05) is 6.61 Å². The molecule has 0 aliphatic carbocycles. The van der Waals surface area contributed by atoms with Crippen molar-refractivity contribution >= 4 is 11.0 Å². The summed E-state index contributed by atoms with van der Waals surface area (Å²) in [6.07, 6.45) is -8.09. The Balaban J connectivity index is 1.86. The zero-order valence-electron chi connectivity index (χ0n) is 16.3. The second kappa shape index (κ2) is 7.97. The largest absolute Gasteiger partial charge is 0.507 e. The van der Waals surface area contributed by atoms with Gasteiger partial charge in [-0.15, -0.1) is 0 Å². The molecule has 11 nitrogen and oxygen atoms in total. The molecule has 1 fully saturated rings. The summed E-state index contributed by atoms with van der Waals surface area (Å²) in [5, 5.41) is 79.6. The highest BCUT2D eigenvalue weighted by Gasteiger charge is 2.46. The van der Waals surface area contributed by atoms with E-state index in [0.717, 1.165) is 18.2 Å². The topological polar surface area (TPSA) is 201 Å². The summed E-state index contributed by atoms with van der Waals surface area (Å²) >= 11 is 0. The fourth-order valence-electron chi connectivity index (χ4n) is 3.74. The number of benzene rings is 2. The second-order valence-electron chi connectivity index (χ2n) is 7.46. The van der Waals surface area contributed by atoms with Gasteiger partial charge in [0.25, 0.3) is 0 Å². The molecule has 0 unspecified atom stereocenters. The minimum absolute atomic E-state index is 0.0304. The fraction of sp³-hybridized carbons (Fsp3) is 0.286. The van der Waals surface area contributed by atoms with E-state index in [9.17, 15) is 45.6 Å². The standard InChI is InChI=1S/C21H20O11/c22-6-14-17(27)19(29)20(30)21(32-14)16-11(26)5-13-15(18(16)28)10(25)4-12(31-13)7-1-2-8(23)9(24)3-7/h1-5,14,17,19-24,26-30H,6H2/t14-,17-,19-,20-,21+/m1/s1. The van der Waals surface area contributed by atoms with Crippen molar-refractivity contribution in [1.29, 1.82) is 0 Å². The van der Waals surface area contributed by atoms with Crippen LogP contribution in [0.3, 0.4) is 0 Å². The molecule has 1 aliphatic heterocycles. The minimum Gasteiger partial charge on any atom is -0.507 e. The number of phenolic OH excluding ortho intramolecular Hbond substituents is 4. The second-order valence-corrected chi connectivity index (χ2v) is 7.46. The zero-order chi connectivity index (χ0) is 23.3. The number of aromatic hydroxyl groups is 4. The number of aliphatic hydroxyl groups is 4. The number of aliphatic hydroxyl groups excluding tert-OH is 4. The van der Waals surface area contributed by atoms with Crippen LogP contribution in [-0.4, -0.2) is 71.9 Å². The molecule has 4 rings (SSSR count). The van der Waals surface area contributed by atoms with Crippen LogP contribution in [0, 0.1) is 0 Å². The highest BCUT2D eigenvalue weighted by Crippen LogP contribution is 2.44. The predicted octanol–water partition coefficient (Wildman–Crippen LogP) is -0.203. The van der Waals surface area contributed by atoms with Crippen molar-refractivity contribution in [3.8, 4) is 34.3 Å². The molecule has 2 aromatic carbocycles. The average Bonchev–Trinajstić information content (AvgIpc) is 2.74. The molecule has 8 N–H and O–H groups in total. The maximum atomic E-state index is 12.8. The number of phenols is 4. The van der Waals surface area contributed by atoms with Gasteiger partial charge in [0, 0.05) is 17.7 Å². The van der Waals surface area contributed by atoms with Crippen molar-refractivity contribution in [2.24, 2.45) is 0 Å². The predicted molar refractivity (Wildman–Crippen MR) is 107 cm³/mol. The van der Waals surface area contributed by atoms with Gasteiger partial charge in [-0.3, -0.25) is 4.79 Å². The third-order valence-corrected chi connectivity index (χ3v) is 5.45. The zero-order valence-corrected chi connectivity index (χ0v) is 16.3. The molecule has 2 heterocycles. The molecular formula is C21H20O11. The van der Waals surface area contributed by atoms with E-state index in [1.807, 2.05) is 0 Å². The number of hydrogen-bond donors (Lipinski definition) is 8. The first kappa shape index (κ1) is 21.9. The normalized spacial score (nSPS) is 25.8. The smallest absolute Gasteiger partial charge is 0.197 e. The first-order chi connectivity index (χ1) is 15.1. The molecule has 0 radical (unpaired) electrons. The van der Waals surface area contributed by atoms with E-state index >= 15 is 0 Å². The van der Waals surface area contributed by atoms with Gasteiger partial charge in [-0.1, -0.05) is 0 Å². The number of hydrogen-bond acceptors (Lipinski definition) is 11. The van der Waals surface area contributed by atoms with Crippen molar-refractivity contribution in [3.05, 3.63) is 46.1 Å². The number of rotatable bonds is 3. The van der Waals surface area contributed by atoms with Crippen LogP contribution in [0.4, 0.5) is 0 Å². The van der Waals surface area contributed by atoms with Gasteiger partial charge in [0.05, 0.1) is 12.2 Å². The van der Waals surface area contributed by atoms with Crippen molar-refractivity contribution < 1.29 is 50.0 Å². The lowest BCUT2D eigenvalue weighted by atomic mass is 9.89. The molecule has 0 spiro atoms. The summed E-state index contributed by atoms with van der Waals surface area (Å²) in [6, 6.07) is 5.73. The lowest BCUT2D eigenvalue weighted by molar-refractivity contribution is -0.232. The number of ether oxygens (including phenoxy) is 1. The van der Waals surface area contributed by atoms with E-state index in [1.54, 1.807) is 0 Å². The first-order valence-electron chi connectivity index (χ1n) is 9.49. The van der Waals surface area contributed by atoms with Gasteiger partial charge < -0.3 is 50.0 Å². The van der Waals surface area contributed by atoms with Gasteiger partial charge in [0.2, 0.25) is 0 Å². The van der Waals surface area contributed by atoms with Crippen LogP contribution >= 0.6 is 0 Å². The maximum Gasteiger partial charge on any atom is 0.197 e. The Labute approximate surface area is 179 Å². The molecule has 11 heteroatoms. The molecular weight excluding hydrogens is 428 g/mol. The van der Waals surface area contributed by atoms with Crippen molar-refractivity contribution in [2.45, 2.75) is 30.5 Å². The van der Waals surface area contributed by atoms with Crippen LogP contribution < -0.4 is 5.43 Å². The van der Waals surface area contributed by atoms with E-state index in [1.165, 1.54) is 12.1 Å². The third-order valence-electron chi connectivity index (χ3n) is 5.45. The van der Waals surface area contributed by atoms with E-state index in [0.29, 0.717) is 0 Å². The highest BCUT2D eigenvalue weighted by molar-refractivity contribution is 5.88. The SMILES string of the molecule is O=c1cc(-c2ccc(O)c(O)c2)oc2cc(O)c([C@@H]3O[C@H](CO)[C@@H](O)[C@@H](O)[C@H]3O)c(O)c12. The van der Waals surface area contributed by atoms with Gasteiger partial charge in [0.1, 0.15) is 58.7 Å². The molecule has 1 aromatic heterocycles. The molecule has 170 valence electrons. The van der Waals surface area contributed by atoms with E-state index in [2.05, 4.69) is 0 Å². The maximum absolute atomic E-state index is 12.8. The lowest BCUT2D eigenvalue weighted by Gasteiger charge is -2.40. The van der Waals surface area contributed by atoms with Crippen LogP contribution in [0.1, 0.15) is 11.7 Å². The molecule has 3 aromatic rings. The molecule has 1 aliphatic rings. The van der Waals surface area contributed by atoms with Gasteiger partial charge in [-0.2, -0.15) is 0 Å². The summed E-state index contributed by atoms with van der Waals surface area (Å²) in [5.74, 6) is -2.28. The van der Waals surface area contributed by atoms with Crippen LogP contribution in [-0.2, 0) is 4.74 Å². The van der Waals surface area contributed by atoms with Gasteiger partial charge in [0.15, 0.2) is 16.9 Å². The molecule has 0 amide bonds. The van der Waals surface area contributed by atoms with Gasteiger partial charge >= 0.3 is 0 Å². The van der Waals surface area contributed by atoms with Gasteiger partial charge in [-0.25, -0.2) is 0 Å². The van der Waals surface area contributed by atoms with E-state index < -0.39 is 65.4 Å². The van der Waals surface area contributed by atoms with Crippen LogP contribution in [0.15, 0.2) is 39.5 Å². The molecule has 0 bridgehead atoms. The lowest BCUT2D eigenvalue weighted by Crippen LogP contribution is -2.55. The third kappa shape index (κ3) is 3.42. The summed E-state index contributed by atoms with van der Waals surface area (Å²) in [7, 11) is 0. The summed E-state index contributed by atoms with van der Waals surface area (Å²) in [4.78, 5) is 12.8. The molecule has 1 saturated heterocycles. The Morgan fingerprint density at radius 1 is 0.844 bits per heavy atom. The Kier molecular flexibility index (Phi) is 5.44. The summed E-state index contributed by atoms with van der Waals surface area (Å²) in [5.41, 5.74) is -1.17. The fourth-order valence-corrected chi connectivity index (χ4v) is 3.74.